The third-order valence-electron chi connectivity index (χ3n) is 1.26. The summed E-state index contributed by atoms with van der Waals surface area (Å²) < 4.78 is 0. The number of rotatable bonds is 4. The Kier molecular flexibility index (Phi) is 4.54. The van der Waals surface area contributed by atoms with Gasteiger partial charge in [-0.05, 0) is 6.42 Å². The van der Waals surface area contributed by atoms with Gasteiger partial charge in [0.05, 0.1) is 6.04 Å². The molecular formula is C8H11NO3. The van der Waals surface area contributed by atoms with Crippen LogP contribution in [0.15, 0.2) is 0 Å². The highest BCUT2D eigenvalue weighted by Crippen LogP contribution is 1.89. The molecule has 1 atom stereocenters. The summed E-state index contributed by atoms with van der Waals surface area (Å²) in [6.07, 6.45) is 5.12. The molecule has 0 aliphatic rings. The minimum absolute atomic E-state index is 0.364. The van der Waals surface area contributed by atoms with Gasteiger partial charge in [-0.2, -0.15) is 0 Å². The van der Waals surface area contributed by atoms with E-state index < -0.39 is 18.3 Å². The number of amides is 1. The van der Waals surface area contributed by atoms with Crippen LogP contribution in [0.2, 0.25) is 0 Å². The molecule has 1 unspecified atom stereocenters. The number of nitrogens with one attached hydrogen (secondary N) is 1. The van der Waals surface area contributed by atoms with E-state index in [4.69, 9.17) is 11.5 Å². The molecule has 0 aromatic heterocycles. The molecule has 0 spiro atoms. The van der Waals surface area contributed by atoms with Crippen molar-refractivity contribution in [2.24, 2.45) is 0 Å². The molecule has 66 valence electrons. The van der Waals surface area contributed by atoms with Crippen LogP contribution in [0, 0.1) is 12.3 Å². The summed E-state index contributed by atoms with van der Waals surface area (Å²) in [4.78, 5) is 20.8. The lowest BCUT2D eigenvalue weighted by Gasteiger charge is -2.08. The van der Waals surface area contributed by atoms with Gasteiger partial charge in [0.25, 0.3) is 0 Å². The Hall–Kier alpha value is -1.50. The van der Waals surface area contributed by atoms with Crippen molar-refractivity contribution in [1.82, 2.24) is 5.32 Å². The van der Waals surface area contributed by atoms with Crippen molar-refractivity contribution in [2.75, 3.05) is 0 Å². The number of carbonyl (C=O) groups excluding carboxylic acids is 1. The molecule has 2 N–H and O–H groups in total. The maximum Gasteiger partial charge on any atom is 0.312 e. The van der Waals surface area contributed by atoms with Crippen LogP contribution in [0.5, 0.6) is 0 Å². The molecule has 0 saturated carbocycles. The maximum absolute atomic E-state index is 10.8. The fourth-order valence-corrected chi connectivity index (χ4v) is 0.644. The fraction of sp³-hybridized carbons (Fsp3) is 0.500. The minimum atomic E-state index is -1.15. The zero-order valence-electron chi connectivity index (χ0n) is 6.83. The van der Waals surface area contributed by atoms with Gasteiger partial charge in [-0.15, -0.1) is 6.42 Å². The largest absolute Gasteiger partial charge is 0.481 e. The van der Waals surface area contributed by atoms with E-state index in [9.17, 15) is 9.59 Å². The fourth-order valence-electron chi connectivity index (χ4n) is 0.644. The Morgan fingerprint density at radius 1 is 1.67 bits per heavy atom. The summed E-state index contributed by atoms with van der Waals surface area (Å²) >= 11 is 0. The number of hydrogen-bond donors (Lipinski definition) is 2. The van der Waals surface area contributed by atoms with Crippen molar-refractivity contribution >= 4 is 11.9 Å². The van der Waals surface area contributed by atoms with Crippen LogP contribution in [0.3, 0.4) is 0 Å². The predicted octanol–water partition coefficient (Wildman–Crippen LogP) is -0.0109. The lowest BCUT2D eigenvalue weighted by atomic mass is 10.2. The molecule has 12 heavy (non-hydrogen) atoms. The van der Waals surface area contributed by atoms with Gasteiger partial charge in [0, 0.05) is 0 Å². The van der Waals surface area contributed by atoms with Gasteiger partial charge >= 0.3 is 5.97 Å². The lowest BCUT2D eigenvalue weighted by molar-refractivity contribution is -0.140. The summed E-state index contributed by atoms with van der Waals surface area (Å²) in [7, 11) is 0. The van der Waals surface area contributed by atoms with Gasteiger partial charge in [-0.3, -0.25) is 9.59 Å². The van der Waals surface area contributed by atoms with Crippen molar-refractivity contribution in [2.45, 2.75) is 25.8 Å². The van der Waals surface area contributed by atoms with E-state index >= 15 is 0 Å². The average Bonchev–Trinajstić information content (AvgIpc) is 1.98. The van der Waals surface area contributed by atoms with Crippen LogP contribution in [0.25, 0.3) is 0 Å². The Balaban J connectivity index is 3.84. The topological polar surface area (TPSA) is 66.4 Å². The number of terminal acetylenes is 1. The molecule has 0 aliphatic heterocycles. The highest BCUT2D eigenvalue weighted by atomic mass is 16.4. The van der Waals surface area contributed by atoms with E-state index in [0.29, 0.717) is 6.42 Å². The molecule has 0 fully saturated rings. The predicted molar refractivity (Wildman–Crippen MR) is 43.3 cm³/mol. The van der Waals surface area contributed by atoms with Gasteiger partial charge < -0.3 is 10.4 Å². The van der Waals surface area contributed by atoms with Crippen LogP contribution in [-0.4, -0.2) is 23.0 Å². The summed E-state index contributed by atoms with van der Waals surface area (Å²) in [6, 6.07) is -0.364. The summed E-state index contributed by atoms with van der Waals surface area (Å²) in [5, 5.41) is 10.6. The van der Waals surface area contributed by atoms with E-state index in [0.717, 1.165) is 0 Å². The molecule has 0 bridgehead atoms. The number of aliphatic carboxylic acids is 1. The highest BCUT2D eigenvalue weighted by Gasteiger charge is 2.10. The number of carbonyl (C=O) groups is 2. The zero-order chi connectivity index (χ0) is 9.56. The molecule has 4 nitrogen and oxygen atoms in total. The number of hydrogen-bond acceptors (Lipinski definition) is 2. The second-order valence-electron chi connectivity index (χ2n) is 2.27. The minimum Gasteiger partial charge on any atom is -0.481 e. The molecule has 0 rings (SSSR count). The van der Waals surface area contributed by atoms with Gasteiger partial charge in [-0.1, -0.05) is 12.8 Å². The third-order valence-corrected chi connectivity index (χ3v) is 1.26. The molecule has 1 amide bonds. The second kappa shape index (κ2) is 5.19. The van der Waals surface area contributed by atoms with Crippen molar-refractivity contribution < 1.29 is 14.7 Å². The van der Waals surface area contributed by atoms with E-state index in [1.807, 2.05) is 6.92 Å². The first-order valence-electron chi connectivity index (χ1n) is 3.57. The molecule has 0 aromatic rings. The average molecular weight is 169 g/mol. The molecule has 0 radical (unpaired) electrons. The van der Waals surface area contributed by atoms with Crippen LogP contribution in [0.1, 0.15) is 19.8 Å². The van der Waals surface area contributed by atoms with Crippen LogP contribution >= 0.6 is 0 Å². The monoisotopic (exact) mass is 169 g/mol. The van der Waals surface area contributed by atoms with E-state index in [-0.39, 0.29) is 6.04 Å². The van der Waals surface area contributed by atoms with Gasteiger partial charge in [0.1, 0.15) is 6.42 Å². The second-order valence-corrected chi connectivity index (χ2v) is 2.27. The first kappa shape index (κ1) is 10.5. The maximum atomic E-state index is 10.8. The SMILES string of the molecule is C#CC(CC)NC(=O)CC(=O)O. The van der Waals surface area contributed by atoms with E-state index in [1.165, 1.54) is 0 Å². The van der Waals surface area contributed by atoms with Crippen molar-refractivity contribution in [3.63, 3.8) is 0 Å². The normalized spacial score (nSPS) is 11.3. The molecule has 0 aromatic carbocycles. The third kappa shape index (κ3) is 4.34. The highest BCUT2D eigenvalue weighted by molar-refractivity contribution is 5.93. The summed E-state index contributed by atoms with van der Waals surface area (Å²) in [5.74, 6) is 0.629. The van der Waals surface area contributed by atoms with Crippen molar-refractivity contribution in [3.05, 3.63) is 0 Å². The molecule has 4 heteroatoms. The van der Waals surface area contributed by atoms with E-state index in [1.54, 1.807) is 0 Å². The Bertz CT molecular complexity index is 217. The molecular weight excluding hydrogens is 158 g/mol. The van der Waals surface area contributed by atoms with Crippen LogP contribution in [-0.2, 0) is 9.59 Å². The molecule has 0 aliphatic carbocycles. The van der Waals surface area contributed by atoms with Crippen LogP contribution < -0.4 is 5.32 Å². The summed E-state index contributed by atoms with van der Waals surface area (Å²) in [5.41, 5.74) is 0. The molecule has 0 heterocycles. The molecule has 0 saturated heterocycles. The summed E-state index contributed by atoms with van der Waals surface area (Å²) in [6.45, 7) is 1.81. The first-order valence-corrected chi connectivity index (χ1v) is 3.57. The Morgan fingerprint density at radius 3 is 2.58 bits per heavy atom. The van der Waals surface area contributed by atoms with Crippen molar-refractivity contribution in [3.8, 4) is 12.3 Å². The first-order chi connectivity index (χ1) is 5.60. The van der Waals surface area contributed by atoms with Crippen molar-refractivity contribution in [1.29, 1.82) is 0 Å². The number of carboxylic acid groups (broad SMARTS) is 1. The Labute approximate surface area is 71.0 Å². The quantitative estimate of drug-likeness (QED) is 0.459. The van der Waals surface area contributed by atoms with Gasteiger partial charge in [-0.25, -0.2) is 0 Å². The Morgan fingerprint density at radius 2 is 2.25 bits per heavy atom. The standard InChI is InChI=1S/C8H11NO3/c1-3-6(4-2)9-7(10)5-8(11)12/h1,6H,4-5H2,2H3,(H,9,10)(H,11,12). The van der Waals surface area contributed by atoms with Crippen LogP contribution in [0.4, 0.5) is 0 Å². The number of carboxylic acids is 1. The van der Waals surface area contributed by atoms with Gasteiger partial charge in [0.15, 0.2) is 0 Å². The lowest BCUT2D eigenvalue weighted by Crippen LogP contribution is -2.34. The van der Waals surface area contributed by atoms with E-state index in [2.05, 4.69) is 11.2 Å². The van der Waals surface area contributed by atoms with Gasteiger partial charge in [0.2, 0.25) is 5.91 Å². The zero-order valence-corrected chi connectivity index (χ0v) is 6.83. The smallest absolute Gasteiger partial charge is 0.312 e.